The van der Waals surface area contributed by atoms with E-state index in [9.17, 15) is 0 Å². The van der Waals surface area contributed by atoms with Gasteiger partial charge in [-0.1, -0.05) is 0 Å². The molecule has 0 radical (unpaired) electrons. The summed E-state index contributed by atoms with van der Waals surface area (Å²) in [5.41, 5.74) is 3.10. The molecule has 0 saturated heterocycles. The first kappa shape index (κ1) is 13.1. The fourth-order valence-electron chi connectivity index (χ4n) is 2.93. The lowest BCUT2D eigenvalue weighted by molar-refractivity contribution is 0.351. The van der Waals surface area contributed by atoms with E-state index in [0.717, 1.165) is 44.0 Å². The molecule has 24 heavy (non-hydrogen) atoms. The molecule has 0 atom stereocenters. The van der Waals surface area contributed by atoms with E-state index in [1.807, 2.05) is 36.4 Å². The van der Waals surface area contributed by atoms with Gasteiger partial charge in [0.25, 0.3) is 0 Å². The van der Waals surface area contributed by atoms with Gasteiger partial charge in [0.15, 0.2) is 12.5 Å². The molecule has 4 aliphatic heterocycles. The number of ether oxygens (including phenoxy) is 1. The average Bonchev–Trinajstić information content (AvgIpc) is 3.40. The van der Waals surface area contributed by atoms with Gasteiger partial charge in [-0.05, 0) is 36.4 Å². The van der Waals surface area contributed by atoms with E-state index >= 15 is 0 Å². The second-order valence-electron chi connectivity index (χ2n) is 5.41. The van der Waals surface area contributed by atoms with Crippen molar-refractivity contribution in [3.63, 3.8) is 0 Å². The molecule has 6 rings (SSSR count). The fourth-order valence-corrected chi connectivity index (χ4v) is 2.93. The third kappa shape index (κ3) is 1.93. The Morgan fingerprint density at radius 2 is 1.46 bits per heavy atom. The van der Waals surface area contributed by atoms with Crippen molar-refractivity contribution in [1.29, 1.82) is 0 Å². The van der Waals surface area contributed by atoms with Gasteiger partial charge in [-0.15, -0.1) is 0 Å². The Morgan fingerprint density at radius 3 is 2.33 bits per heavy atom. The Morgan fingerprint density at radius 1 is 0.750 bits per heavy atom. The van der Waals surface area contributed by atoms with Crippen molar-refractivity contribution >= 4 is 24.2 Å². The predicted molar refractivity (Wildman–Crippen MR) is 89.2 cm³/mol. The van der Waals surface area contributed by atoms with Gasteiger partial charge >= 0.3 is 0 Å². The van der Waals surface area contributed by atoms with Gasteiger partial charge in [0, 0.05) is 23.5 Å². The van der Waals surface area contributed by atoms with E-state index in [1.54, 1.807) is 18.7 Å². The lowest BCUT2D eigenvalue weighted by atomic mass is 10.2. The summed E-state index contributed by atoms with van der Waals surface area (Å²) < 4.78 is 5.36. The quantitative estimate of drug-likeness (QED) is 0.710. The first-order chi connectivity index (χ1) is 11.9. The zero-order chi connectivity index (χ0) is 15.9. The monoisotopic (exact) mass is 313 g/mol. The van der Waals surface area contributed by atoms with Crippen molar-refractivity contribution in [2.45, 2.75) is 0 Å². The number of fused-ring (bicyclic) bond motifs is 6. The Hall–Kier alpha value is -3.41. The third-order valence-corrected chi connectivity index (χ3v) is 4.06. The van der Waals surface area contributed by atoms with Crippen LogP contribution in [0.2, 0.25) is 0 Å². The summed E-state index contributed by atoms with van der Waals surface area (Å²) in [5, 5.41) is 3.85. The second kappa shape index (κ2) is 5.06. The summed E-state index contributed by atoms with van der Waals surface area (Å²) in [4.78, 5) is 20.8. The fraction of sp³-hybridized carbons (Fsp3) is 0.0556. The highest BCUT2D eigenvalue weighted by atomic mass is 16.5. The van der Waals surface area contributed by atoms with Gasteiger partial charge in [0.05, 0.1) is 21.8 Å². The van der Waals surface area contributed by atoms with Crippen LogP contribution < -0.4 is 26.2 Å². The summed E-state index contributed by atoms with van der Waals surface area (Å²) in [7, 11) is 0. The Bertz CT molecular complexity index is 1150. The number of hydrogen-bond donors (Lipinski definition) is 0. The number of hydrogen-bond acceptors (Lipinski definition) is 6. The molecule has 4 aliphatic rings. The molecular weight excluding hydrogens is 302 g/mol. The molecule has 6 heteroatoms. The summed E-state index contributed by atoms with van der Waals surface area (Å²) >= 11 is 0. The number of aliphatic imine (C=N–C) groups is 1. The van der Waals surface area contributed by atoms with Crippen LogP contribution in [0.4, 0.5) is 5.69 Å². The summed E-state index contributed by atoms with van der Waals surface area (Å²) in [6.07, 6.45) is 9.07. The second-order valence-corrected chi connectivity index (χ2v) is 5.41. The van der Waals surface area contributed by atoms with Gasteiger partial charge in [0.1, 0.15) is 11.7 Å². The normalized spacial score (nSPS) is 15.7. The molecule has 0 amide bonds. The maximum Gasteiger partial charge on any atom is 0.180 e. The van der Waals surface area contributed by atoms with Crippen molar-refractivity contribution in [3.8, 4) is 5.75 Å². The first-order valence-corrected chi connectivity index (χ1v) is 7.53. The first-order valence-electron chi connectivity index (χ1n) is 7.53. The molecule has 0 bridgehead atoms. The molecule has 0 spiro atoms. The molecule has 4 heterocycles. The molecule has 0 fully saturated rings. The predicted octanol–water partition coefficient (Wildman–Crippen LogP) is 0.844. The van der Waals surface area contributed by atoms with E-state index in [-0.39, 0.29) is 0 Å². The van der Waals surface area contributed by atoms with E-state index < -0.39 is 0 Å². The molecule has 0 unspecified atom stereocenters. The van der Waals surface area contributed by atoms with Crippen molar-refractivity contribution < 1.29 is 4.74 Å². The Balaban J connectivity index is 0.000000109. The summed E-state index contributed by atoms with van der Waals surface area (Å²) in [6.45, 7) is 0.444. The molecule has 0 N–H and O–H groups in total. The highest BCUT2D eigenvalue weighted by Crippen LogP contribution is 2.16. The topological polar surface area (TPSA) is 71.0 Å². The molecular formula is C18H11N5O. The average molecular weight is 313 g/mol. The summed E-state index contributed by atoms with van der Waals surface area (Å²) in [5.74, 6) is 0.880. The highest BCUT2D eigenvalue weighted by molar-refractivity contribution is 5.74. The van der Waals surface area contributed by atoms with Crippen LogP contribution in [-0.4, -0.2) is 13.1 Å². The Labute approximate surface area is 136 Å². The lowest BCUT2D eigenvalue weighted by Gasteiger charge is -1.97. The van der Waals surface area contributed by atoms with Crippen molar-refractivity contribution in [2.24, 2.45) is 25.0 Å². The van der Waals surface area contributed by atoms with Crippen LogP contribution in [0, 0.1) is 0 Å². The maximum atomic E-state index is 5.36. The SMILES string of the molecule is C1=Cc2c3c(ccc2=N1)=NC=N3.C1=Cc2c3c(ccc2=N1)=NCO3. The minimum atomic E-state index is 0.444. The van der Waals surface area contributed by atoms with Crippen LogP contribution in [0.25, 0.3) is 12.2 Å². The van der Waals surface area contributed by atoms with Crippen LogP contribution in [-0.2, 0) is 0 Å². The molecule has 2 aromatic rings. The molecule has 6 nitrogen and oxygen atoms in total. The molecule has 2 aromatic carbocycles. The van der Waals surface area contributed by atoms with Crippen molar-refractivity contribution in [3.05, 3.63) is 69.2 Å². The Kier molecular flexibility index (Phi) is 2.75. The molecule has 0 aliphatic carbocycles. The summed E-state index contributed by atoms with van der Waals surface area (Å²) in [6, 6.07) is 7.81. The molecule has 0 saturated carbocycles. The van der Waals surface area contributed by atoms with Gasteiger partial charge in [0.2, 0.25) is 0 Å². The number of nitrogens with zero attached hydrogens (tertiary/aromatic N) is 5. The van der Waals surface area contributed by atoms with E-state index in [1.165, 1.54) is 0 Å². The van der Waals surface area contributed by atoms with Crippen LogP contribution in [0.5, 0.6) is 5.75 Å². The van der Waals surface area contributed by atoms with Gasteiger partial charge in [-0.25, -0.2) is 15.0 Å². The van der Waals surface area contributed by atoms with Crippen LogP contribution in [0.15, 0.2) is 61.6 Å². The third-order valence-electron chi connectivity index (χ3n) is 4.06. The molecule has 0 aromatic heterocycles. The smallest absolute Gasteiger partial charge is 0.180 e. The van der Waals surface area contributed by atoms with Crippen LogP contribution >= 0.6 is 0 Å². The van der Waals surface area contributed by atoms with Crippen LogP contribution in [0.3, 0.4) is 0 Å². The van der Waals surface area contributed by atoms with Gasteiger partial charge in [-0.2, -0.15) is 0 Å². The van der Waals surface area contributed by atoms with Gasteiger partial charge in [-0.3, -0.25) is 9.98 Å². The van der Waals surface area contributed by atoms with Gasteiger partial charge < -0.3 is 4.74 Å². The number of rotatable bonds is 0. The maximum absolute atomic E-state index is 5.36. The van der Waals surface area contributed by atoms with Crippen LogP contribution in [0.1, 0.15) is 11.1 Å². The lowest BCUT2D eigenvalue weighted by Crippen LogP contribution is -2.11. The van der Waals surface area contributed by atoms with Crippen molar-refractivity contribution in [1.82, 2.24) is 0 Å². The van der Waals surface area contributed by atoms with E-state index in [4.69, 9.17) is 4.74 Å². The molecule has 114 valence electrons. The minimum Gasteiger partial charge on any atom is -0.468 e. The zero-order valence-electron chi connectivity index (χ0n) is 12.5. The largest absolute Gasteiger partial charge is 0.468 e. The standard InChI is InChI=1S/C9H5N3.C9H6N2O/c2*1-2-8-9(12-5-11-8)6-3-4-10-7(1)6/h1-5H;1-4H,5H2. The van der Waals surface area contributed by atoms with E-state index in [2.05, 4.69) is 25.0 Å². The number of benzene rings is 2. The zero-order valence-corrected chi connectivity index (χ0v) is 12.5. The minimum absolute atomic E-state index is 0.444. The van der Waals surface area contributed by atoms with Crippen molar-refractivity contribution in [2.75, 3.05) is 6.73 Å². The highest BCUT2D eigenvalue weighted by Gasteiger charge is 2.12. The van der Waals surface area contributed by atoms with E-state index in [0.29, 0.717) is 6.73 Å².